The molecule has 0 unspecified atom stereocenters. The lowest BCUT2D eigenvalue weighted by molar-refractivity contribution is 0.626. The molecule has 3 aliphatic rings. The van der Waals surface area contributed by atoms with E-state index in [9.17, 15) is 4.39 Å². The largest absolute Gasteiger partial charge is 0.310 e. The number of hydrogen-bond acceptors (Lipinski definition) is 2. The number of aromatic nitrogens is 1. The van der Waals surface area contributed by atoms with E-state index >= 15 is 0 Å². The molecular formula is C115H82Br4FN3. The Balaban J connectivity index is 0.000000143. The fraction of sp³-hybridized carbons (Fsp3) is 0.0609. The van der Waals surface area contributed by atoms with Crippen LogP contribution in [0, 0.1) is 5.82 Å². The van der Waals surface area contributed by atoms with Crippen molar-refractivity contribution in [2.24, 2.45) is 0 Å². The minimum Gasteiger partial charge on any atom is -0.310 e. The summed E-state index contributed by atoms with van der Waals surface area (Å²) in [6, 6.07) is 149. The first kappa shape index (κ1) is 78.7. The first-order valence-electron chi connectivity index (χ1n) is 41.6. The molecular weight excluding hydrogens is 1760 g/mol. The molecule has 0 amide bonds. The number of anilines is 6. The van der Waals surface area contributed by atoms with Crippen molar-refractivity contribution in [2.45, 2.75) is 44.9 Å². The molecule has 8 heteroatoms. The van der Waals surface area contributed by atoms with Crippen LogP contribution in [0.3, 0.4) is 0 Å². The van der Waals surface area contributed by atoms with E-state index in [1.807, 2.05) is 0 Å². The number of hydrogen-bond donors (Lipinski definition) is 0. The van der Waals surface area contributed by atoms with Gasteiger partial charge < -0.3 is 14.4 Å². The number of benzene rings is 18. The van der Waals surface area contributed by atoms with Gasteiger partial charge in [0.1, 0.15) is 5.82 Å². The lowest BCUT2D eigenvalue weighted by Crippen LogP contribution is -2.16. The van der Waals surface area contributed by atoms with Gasteiger partial charge in [0.25, 0.3) is 0 Å². The third kappa shape index (κ3) is 15.2. The van der Waals surface area contributed by atoms with Gasteiger partial charge in [-0.05, 0) is 286 Å². The van der Waals surface area contributed by atoms with Gasteiger partial charge in [-0.2, -0.15) is 0 Å². The van der Waals surface area contributed by atoms with Crippen molar-refractivity contribution in [3.8, 4) is 106 Å². The van der Waals surface area contributed by atoms with Crippen LogP contribution in [0.2, 0.25) is 0 Å². The van der Waals surface area contributed by atoms with Crippen molar-refractivity contribution in [3.05, 3.63) is 470 Å². The Labute approximate surface area is 752 Å². The smallest absolute Gasteiger partial charge is 0.125 e. The summed E-state index contributed by atoms with van der Waals surface area (Å²) in [5.41, 5.74) is 40.9. The molecule has 0 spiro atoms. The minimum absolute atomic E-state index is 0.0807. The van der Waals surface area contributed by atoms with Crippen molar-refractivity contribution >= 4 is 120 Å². The van der Waals surface area contributed by atoms with Crippen LogP contribution in [0.5, 0.6) is 0 Å². The van der Waals surface area contributed by atoms with E-state index in [1.54, 1.807) is 6.07 Å². The van der Waals surface area contributed by atoms with Gasteiger partial charge in [0.15, 0.2) is 0 Å². The molecule has 0 atom stereocenters. The zero-order valence-corrected chi connectivity index (χ0v) is 74.5. The molecule has 0 N–H and O–H groups in total. The van der Waals surface area contributed by atoms with Crippen LogP contribution in [0.4, 0.5) is 38.5 Å². The van der Waals surface area contributed by atoms with Crippen LogP contribution >= 0.6 is 63.7 Å². The Morgan fingerprint density at radius 3 is 0.870 bits per heavy atom. The fourth-order valence-electron chi connectivity index (χ4n) is 18.7. The zero-order valence-electron chi connectivity index (χ0n) is 68.2. The summed E-state index contributed by atoms with van der Waals surface area (Å²) in [6.07, 6.45) is 0.986. The van der Waals surface area contributed by atoms with E-state index in [0.29, 0.717) is 0 Å². The first-order valence-corrected chi connectivity index (χ1v) is 44.8. The average Bonchev–Trinajstić information content (AvgIpc) is 1.60. The molecule has 22 rings (SSSR count). The van der Waals surface area contributed by atoms with Crippen molar-refractivity contribution in [1.29, 1.82) is 0 Å². The van der Waals surface area contributed by atoms with Gasteiger partial charge in [-0.15, -0.1) is 0 Å². The lowest BCUT2D eigenvalue weighted by Gasteiger charge is -2.28. The molecule has 19 aromatic rings. The minimum atomic E-state index is -0.240. The normalized spacial score (nSPS) is 12.7. The maximum absolute atomic E-state index is 12.4. The van der Waals surface area contributed by atoms with Crippen LogP contribution in [0.25, 0.3) is 128 Å². The predicted octanol–water partition coefficient (Wildman–Crippen LogP) is 34.5. The van der Waals surface area contributed by atoms with Crippen LogP contribution in [-0.2, 0) is 17.3 Å². The summed E-state index contributed by atoms with van der Waals surface area (Å²) in [6.45, 7) is 9.41. The maximum atomic E-state index is 12.4. The van der Waals surface area contributed by atoms with Gasteiger partial charge in [-0.25, -0.2) is 4.39 Å². The molecule has 0 saturated carbocycles. The highest BCUT2D eigenvalue weighted by atomic mass is 79.9. The van der Waals surface area contributed by atoms with Crippen molar-refractivity contribution < 1.29 is 4.39 Å². The van der Waals surface area contributed by atoms with Gasteiger partial charge in [-0.1, -0.05) is 358 Å². The Bertz CT molecular complexity index is 7160. The Morgan fingerprint density at radius 1 is 0.236 bits per heavy atom. The molecule has 592 valence electrons. The van der Waals surface area contributed by atoms with Crippen molar-refractivity contribution in [3.63, 3.8) is 0 Å². The second-order valence-corrected chi connectivity index (χ2v) is 36.7. The zero-order chi connectivity index (χ0) is 83.6. The molecule has 0 aliphatic heterocycles. The van der Waals surface area contributed by atoms with E-state index < -0.39 is 0 Å². The molecule has 3 nitrogen and oxygen atoms in total. The monoisotopic (exact) mass is 1840 g/mol. The summed E-state index contributed by atoms with van der Waals surface area (Å²) in [5.74, 6) is -0.240. The van der Waals surface area contributed by atoms with Gasteiger partial charge in [-0.3, -0.25) is 0 Å². The van der Waals surface area contributed by atoms with E-state index in [-0.39, 0.29) is 16.6 Å². The van der Waals surface area contributed by atoms with E-state index in [4.69, 9.17) is 0 Å². The average molecular weight is 1840 g/mol. The number of halogens is 5. The van der Waals surface area contributed by atoms with Gasteiger partial charge in [0, 0.05) is 79.3 Å². The number of rotatable bonds is 13. The molecule has 0 radical (unpaired) electrons. The van der Waals surface area contributed by atoms with Gasteiger partial charge in [0.2, 0.25) is 0 Å². The highest BCUT2D eigenvalue weighted by Crippen LogP contribution is 2.54. The first-order chi connectivity index (χ1) is 60.0. The van der Waals surface area contributed by atoms with Crippen molar-refractivity contribution in [2.75, 3.05) is 9.80 Å². The van der Waals surface area contributed by atoms with E-state index in [1.165, 1.54) is 162 Å². The second kappa shape index (κ2) is 32.9. The summed E-state index contributed by atoms with van der Waals surface area (Å²) in [7, 11) is 0. The molecule has 0 fully saturated rings. The third-order valence-corrected chi connectivity index (χ3v) is 26.7. The standard InChI is InChI=1S/C57H40Br2N2.C52H39N.C6H3Br2F/c1-57(2)53-16-10-9-15-49(53)50-28-27-47(36-54(50)57)60(45-23-17-39(18-24-45)37-11-5-3-6-12-37)46-25-19-40(20-26-46)42-22-30-56-52(32-42)51-31-41(38-13-7-4-8-14-38)21-29-55(51)61(56)48-34-43(58)33-44(59)35-48;1-52(2)50-16-10-9-15-46(50)47-30-29-45(34-51(47)52)53(43-25-21-37(22-26-43)35-11-5-3-6-12-35)44-27-23-38(24-28-44)40-18-20-42-31-41-19-17-39(32-48(41)49(42)33-40)36-13-7-4-8-14-36;7-4-1-5(8)3-6(9)2-4/h3-36H,1-2H3;3-30,32-34H,31H2,1-2H3;1-3H. The summed E-state index contributed by atoms with van der Waals surface area (Å²) in [5, 5.41) is 2.44. The third-order valence-electron chi connectivity index (χ3n) is 24.8. The Hall–Kier alpha value is -12.8. The van der Waals surface area contributed by atoms with Crippen LogP contribution in [-0.4, -0.2) is 4.57 Å². The van der Waals surface area contributed by atoms with Crippen LogP contribution in [0.1, 0.15) is 61.1 Å². The molecule has 1 heterocycles. The molecule has 3 aliphatic carbocycles. The Kier molecular flexibility index (Phi) is 21.0. The second-order valence-electron chi connectivity index (χ2n) is 33.1. The number of nitrogens with zero attached hydrogens (tertiary/aromatic N) is 3. The number of fused-ring (bicyclic) bond motifs is 12. The SMILES string of the molecule is CC1(C)c2ccccc2-c2ccc(N(c3ccc(-c4ccccc4)cc3)c3ccc(-c4ccc5c(c4)-c4cc(-c6ccccc6)ccc4C5)cc3)cc21.CC1(C)c2ccccc2-c2ccc(N(c3ccc(-c4ccccc4)cc3)c3ccc(-c4ccc5c(c4)c4cc(-c6ccccc6)ccc4n5-c4cc(Br)cc(Br)c4)cc3)cc21.Fc1cc(Br)cc(Br)c1. The quantitative estimate of drug-likeness (QED) is 0.114. The summed E-state index contributed by atoms with van der Waals surface area (Å²) in [4.78, 5) is 4.80. The summed E-state index contributed by atoms with van der Waals surface area (Å²) >= 11 is 13.8. The molecule has 0 bridgehead atoms. The van der Waals surface area contributed by atoms with Crippen LogP contribution in [0.15, 0.2) is 430 Å². The molecule has 1 aromatic heterocycles. The molecule has 18 aromatic carbocycles. The highest BCUT2D eigenvalue weighted by molar-refractivity contribution is 9.11. The predicted molar refractivity (Wildman–Crippen MR) is 530 cm³/mol. The maximum Gasteiger partial charge on any atom is 0.125 e. The van der Waals surface area contributed by atoms with Gasteiger partial charge in [0.05, 0.1) is 11.0 Å². The Morgan fingerprint density at radius 2 is 0.512 bits per heavy atom. The van der Waals surface area contributed by atoms with E-state index in [0.717, 1.165) is 69.6 Å². The lowest BCUT2D eigenvalue weighted by atomic mass is 9.82. The highest BCUT2D eigenvalue weighted by Gasteiger charge is 2.38. The van der Waals surface area contributed by atoms with Crippen molar-refractivity contribution in [1.82, 2.24) is 4.57 Å². The summed E-state index contributed by atoms with van der Waals surface area (Å²) < 4.78 is 18.3. The van der Waals surface area contributed by atoms with E-state index in [2.05, 4.69) is 500 Å². The molecule has 0 saturated heterocycles. The van der Waals surface area contributed by atoms with Crippen LogP contribution < -0.4 is 9.80 Å². The molecule has 123 heavy (non-hydrogen) atoms. The fourth-order valence-corrected chi connectivity index (χ4v) is 21.2. The van der Waals surface area contributed by atoms with Gasteiger partial charge >= 0.3 is 0 Å². The topological polar surface area (TPSA) is 11.4 Å².